The number of alkyl halides is 2. The fraction of sp³-hybridized carbons (Fsp3) is 0.714. The van der Waals surface area contributed by atoms with Gasteiger partial charge in [-0.15, -0.1) is 0 Å². The van der Waals surface area contributed by atoms with E-state index in [9.17, 15) is 13.6 Å². The van der Waals surface area contributed by atoms with Crippen molar-refractivity contribution in [3.8, 4) is 6.07 Å². The second kappa shape index (κ2) is 4.65. The quantitative estimate of drug-likeness (QED) is 0.695. The molecule has 0 aromatic heterocycles. The van der Waals surface area contributed by atoms with Crippen molar-refractivity contribution in [3.63, 3.8) is 0 Å². The molecule has 0 fully saturated rings. The van der Waals surface area contributed by atoms with Crippen molar-refractivity contribution < 1.29 is 13.6 Å². The molecule has 1 unspecified atom stereocenters. The third-order valence-electron chi connectivity index (χ3n) is 1.30. The summed E-state index contributed by atoms with van der Waals surface area (Å²) in [6, 6.07) is 0.881. The zero-order chi connectivity index (χ0) is 9.72. The van der Waals surface area contributed by atoms with Crippen molar-refractivity contribution in [2.75, 3.05) is 0 Å². The molecular weight excluding hydrogens is 166 g/mol. The van der Waals surface area contributed by atoms with E-state index in [1.54, 1.807) is 19.9 Å². The number of nitrogens with one attached hydrogen (secondary N) is 1. The maximum atomic E-state index is 11.7. The molecule has 0 saturated heterocycles. The molecule has 0 spiro atoms. The van der Waals surface area contributed by atoms with Crippen LogP contribution in [-0.2, 0) is 4.79 Å². The lowest BCUT2D eigenvalue weighted by Crippen LogP contribution is -2.40. The van der Waals surface area contributed by atoms with E-state index in [0.29, 0.717) is 0 Å². The molecule has 0 aliphatic carbocycles. The number of hydrogen-bond donors (Lipinski definition) is 1. The van der Waals surface area contributed by atoms with Crippen LogP contribution < -0.4 is 5.32 Å². The Morgan fingerprint density at radius 1 is 1.50 bits per heavy atom. The molecule has 12 heavy (non-hydrogen) atoms. The van der Waals surface area contributed by atoms with Gasteiger partial charge in [-0.1, -0.05) is 13.8 Å². The van der Waals surface area contributed by atoms with Gasteiger partial charge in [-0.25, -0.2) is 0 Å². The van der Waals surface area contributed by atoms with Crippen molar-refractivity contribution in [2.24, 2.45) is 5.92 Å². The Morgan fingerprint density at radius 2 is 2.00 bits per heavy atom. The van der Waals surface area contributed by atoms with Crippen LogP contribution in [0.1, 0.15) is 13.8 Å². The van der Waals surface area contributed by atoms with Crippen LogP contribution in [0.5, 0.6) is 0 Å². The lowest BCUT2D eigenvalue weighted by Gasteiger charge is -2.13. The Bertz CT molecular complexity index is 198. The highest BCUT2D eigenvalue weighted by molar-refractivity contribution is 5.79. The van der Waals surface area contributed by atoms with Gasteiger partial charge < -0.3 is 5.32 Å². The fourth-order valence-corrected chi connectivity index (χ4v) is 0.564. The Labute approximate surface area is 69.4 Å². The number of hydrogen-bond acceptors (Lipinski definition) is 2. The van der Waals surface area contributed by atoms with Crippen LogP contribution in [0.2, 0.25) is 0 Å². The minimum Gasteiger partial charge on any atom is -0.335 e. The summed E-state index contributed by atoms with van der Waals surface area (Å²) in [5.74, 6) is -1.56. The van der Waals surface area contributed by atoms with Gasteiger partial charge in [0.15, 0.2) is 0 Å². The molecular formula is C7H10F2N2O. The Kier molecular flexibility index (Phi) is 4.19. The number of nitriles is 1. The van der Waals surface area contributed by atoms with Crippen molar-refractivity contribution in [3.05, 3.63) is 0 Å². The minimum absolute atomic E-state index is 0.169. The standard InChI is InChI=1S/C7H10F2N2O/c1-4(2)5(3-10)11-7(12)6(8)9/h4-6H,1-2H3,(H,11,12). The second-order valence-electron chi connectivity index (χ2n) is 2.66. The maximum Gasteiger partial charge on any atom is 0.315 e. The summed E-state index contributed by atoms with van der Waals surface area (Å²) in [5, 5.41) is 10.3. The molecule has 0 saturated carbocycles. The number of halogens is 2. The first-order chi connectivity index (χ1) is 5.49. The molecule has 68 valence electrons. The Morgan fingerprint density at radius 3 is 2.25 bits per heavy atom. The molecule has 0 heterocycles. The average Bonchev–Trinajstić information content (AvgIpc) is 1.98. The normalized spacial score (nSPS) is 12.8. The average molecular weight is 176 g/mol. The summed E-state index contributed by atoms with van der Waals surface area (Å²) in [4.78, 5) is 10.4. The summed E-state index contributed by atoms with van der Waals surface area (Å²) >= 11 is 0. The van der Waals surface area contributed by atoms with Gasteiger partial charge in [0.05, 0.1) is 6.07 Å². The number of amides is 1. The second-order valence-corrected chi connectivity index (χ2v) is 2.66. The van der Waals surface area contributed by atoms with E-state index in [1.165, 1.54) is 0 Å². The predicted octanol–water partition coefficient (Wildman–Crippen LogP) is 0.916. The summed E-state index contributed by atoms with van der Waals surface area (Å²) in [5.41, 5.74) is 0. The zero-order valence-corrected chi connectivity index (χ0v) is 6.84. The third-order valence-corrected chi connectivity index (χ3v) is 1.30. The van der Waals surface area contributed by atoms with Gasteiger partial charge in [0.1, 0.15) is 6.04 Å². The van der Waals surface area contributed by atoms with Crippen molar-refractivity contribution >= 4 is 5.91 Å². The topological polar surface area (TPSA) is 52.9 Å². The lowest BCUT2D eigenvalue weighted by atomic mass is 10.1. The molecule has 0 aliphatic rings. The molecule has 1 N–H and O–H groups in total. The van der Waals surface area contributed by atoms with Crippen molar-refractivity contribution in [1.82, 2.24) is 5.32 Å². The molecule has 1 atom stereocenters. The molecule has 0 rings (SSSR count). The fourth-order valence-electron chi connectivity index (χ4n) is 0.564. The van der Waals surface area contributed by atoms with Gasteiger partial charge in [-0.05, 0) is 5.92 Å². The number of carbonyl (C=O) groups excluding carboxylic acids is 1. The van der Waals surface area contributed by atoms with Gasteiger partial charge >= 0.3 is 6.43 Å². The first-order valence-electron chi connectivity index (χ1n) is 3.47. The third kappa shape index (κ3) is 3.28. The van der Waals surface area contributed by atoms with E-state index in [1.807, 2.05) is 5.32 Å². The van der Waals surface area contributed by atoms with E-state index in [0.717, 1.165) is 0 Å². The minimum atomic E-state index is -3.06. The van der Waals surface area contributed by atoms with Crippen LogP contribution in [0, 0.1) is 17.2 Å². The van der Waals surface area contributed by atoms with Crippen LogP contribution in [0.3, 0.4) is 0 Å². The van der Waals surface area contributed by atoms with E-state index >= 15 is 0 Å². The Hall–Kier alpha value is -1.18. The molecule has 0 aromatic rings. The number of nitrogens with zero attached hydrogens (tertiary/aromatic N) is 1. The highest BCUT2D eigenvalue weighted by Gasteiger charge is 2.21. The first kappa shape index (κ1) is 10.8. The molecule has 0 aliphatic heterocycles. The molecule has 0 bridgehead atoms. The largest absolute Gasteiger partial charge is 0.335 e. The van der Waals surface area contributed by atoms with Gasteiger partial charge in [0, 0.05) is 0 Å². The van der Waals surface area contributed by atoms with E-state index in [-0.39, 0.29) is 5.92 Å². The van der Waals surface area contributed by atoms with Crippen molar-refractivity contribution in [1.29, 1.82) is 5.26 Å². The smallest absolute Gasteiger partial charge is 0.315 e. The SMILES string of the molecule is CC(C)C(C#N)NC(=O)C(F)F. The number of rotatable bonds is 3. The van der Waals surface area contributed by atoms with Crippen LogP contribution in [0.25, 0.3) is 0 Å². The van der Waals surface area contributed by atoms with Gasteiger partial charge in [0.25, 0.3) is 5.91 Å². The Balaban J connectivity index is 4.06. The van der Waals surface area contributed by atoms with Gasteiger partial charge in [-0.2, -0.15) is 14.0 Å². The van der Waals surface area contributed by atoms with Crippen molar-refractivity contribution in [2.45, 2.75) is 26.3 Å². The molecule has 0 aromatic carbocycles. The molecule has 3 nitrogen and oxygen atoms in total. The molecule has 1 amide bonds. The summed E-state index contributed by atoms with van der Waals surface area (Å²) in [7, 11) is 0. The highest BCUT2D eigenvalue weighted by Crippen LogP contribution is 2.01. The summed E-state index contributed by atoms with van der Waals surface area (Å²) < 4.78 is 23.3. The lowest BCUT2D eigenvalue weighted by molar-refractivity contribution is -0.132. The number of carbonyl (C=O) groups is 1. The summed E-state index contributed by atoms with van der Waals surface area (Å²) in [6.45, 7) is 3.33. The molecule has 5 heteroatoms. The van der Waals surface area contributed by atoms with Crippen LogP contribution in [-0.4, -0.2) is 18.4 Å². The van der Waals surface area contributed by atoms with Gasteiger partial charge in [0.2, 0.25) is 0 Å². The van der Waals surface area contributed by atoms with E-state index in [4.69, 9.17) is 5.26 Å². The zero-order valence-electron chi connectivity index (χ0n) is 6.84. The van der Waals surface area contributed by atoms with E-state index < -0.39 is 18.4 Å². The highest BCUT2D eigenvalue weighted by atomic mass is 19.3. The van der Waals surface area contributed by atoms with Crippen LogP contribution in [0.4, 0.5) is 8.78 Å². The van der Waals surface area contributed by atoms with E-state index in [2.05, 4.69) is 0 Å². The monoisotopic (exact) mass is 176 g/mol. The van der Waals surface area contributed by atoms with Crippen LogP contribution >= 0.6 is 0 Å². The summed E-state index contributed by atoms with van der Waals surface area (Å²) in [6.07, 6.45) is -3.06. The predicted molar refractivity (Wildman–Crippen MR) is 38.4 cm³/mol. The maximum absolute atomic E-state index is 11.7. The van der Waals surface area contributed by atoms with Gasteiger partial charge in [-0.3, -0.25) is 4.79 Å². The first-order valence-corrected chi connectivity index (χ1v) is 3.47. The van der Waals surface area contributed by atoms with Crippen LogP contribution in [0.15, 0.2) is 0 Å². The molecule has 0 radical (unpaired) electrons.